The molecule has 1 heterocycles. The molecule has 2 rings (SSSR count). The van der Waals surface area contributed by atoms with E-state index in [2.05, 4.69) is 11.1 Å². The molecule has 0 saturated heterocycles. The third-order valence-corrected chi connectivity index (χ3v) is 3.41. The number of carbonyl (C=O) groups is 1. The van der Waals surface area contributed by atoms with Crippen molar-refractivity contribution in [2.24, 2.45) is 0 Å². The van der Waals surface area contributed by atoms with Crippen LogP contribution in [0.3, 0.4) is 0 Å². The maximum absolute atomic E-state index is 10.5. The molecule has 0 fully saturated rings. The molecule has 0 atom stereocenters. The number of rotatable bonds is 3. The van der Waals surface area contributed by atoms with Gasteiger partial charge in [-0.25, -0.2) is 4.98 Å². The van der Waals surface area contributed by atoms with Crippen LogP contribution in [0.4, 0.5) is 0 Å². The van der Waals surface area contributed by atoms with E-state index in [4.69, 9.17) is 0 Å². The summed E-state index contributed by atoms with van der Waals surface area (Å²) in [6.07, 6.45) is -0.124. The summed E-state index contributed by atoms with van der Waals surface area (Å²) >= 11 is 1.46. The van der Waals surface area contributed by atoms with Crippen molar-refractivity contribution >= 4 is 17.3 Å². The summed E-state index contributed by atoms with van der Waals surface area (Å²) < 4.78 is 0. The number of carboxylic acid groups (broad SMARTS) is 1. The van der Waals surface area contributed by atoms with Gasteiger partial charge in [-0.05, 0) is 19.4 Å². The van der Waals surface area contributed by atoms with E-state index in [1.807, 2.05) is 26.0 Å². The largest absolute Gasteiger partial charge is 0.550 e. The van der Waals surface area contributed by atoms with E-state index in [0.717, 1.165) is 16.1 Å². The van der Waals surface area contributed by atoms with Crippen LogP contribution in [-0.2, 0) is 11.2 Å². The van der Waals surface area contributed by atoms with Crippen molar-refractivity contribution in [3.8, 4) is 10.6 Å². The first kappa shape index (κ1) is 11.8. The summed E-state index contributed by atoms with van der Waals surface area (Å²) in [5, 5.41) is 13.1. The number of hydrogen-bond acceptors (Lipinski definition) is 4. The highest BCUT2D eigenvalue weighted by atomic mass is 32.1. The summed E-state index contributed by atoms with van der Waals surface area (Å²) in [6.45, 7) is 4.07. The topological polar surface area (TPSA) is 53.0 Å². The Morgan fingerprint density at radius 3 is 2.82 bits per heavy atom. The minimum atomic E-state index is -1.09. The van der Waals surface area contributed by atoms with Gasteiger partial charge in [0, 0.05) is 23.3 Å². The van der Waals surface area contributed by atoms with Crippen LogP contribution in [0.2, 0.25) is 0 Å². The molecule has 0 bridgehead atoms. The average molecular weight is 246 g/mol. The monoisotopic (exact) mass is 246 g/mol. The lowest BCUT2D eigenvalue weighted by Gasteiger charge is -2.03. The Balaban J connectivity index is 2.33. The van der Waals surface area contributed by atoms with Crippen LogP contribution < -0.4 is 5.11 Å². The molecule has 1 aromatic heterocycles. The molecule has 4 heteroatoms. The molecule has 0 saturated carbocycles. The van der Waals surface area contributed by atoms with Gasteiger partial charge in [0.2, 0.25) is 0 Å². The van der Waals surface area contributed by atoms with Crippen molar-refractivity contribution in [3.05, 3.63) is 40.4 Å². The first-order chi connectivity index (χ1) is 8.06. The van der Waals surface area contributed by atoms with Gasteiger partial charge in [0.25, 0.3) is 0 Å². The standard InChI is InChI=1S/C13H13NO2S/c1-8-3-4-11(9(2)5-8)13-14-10(7-17-13)6-12(15)16/h3-5,7H,6H2,1-2H3,(H,15,16)/p-1. The Morgan fingerprint density at radius 1 is 1.41 bits per heavy atom. The van der Waals surface area contributed by atoms with Gasteiger partial charge in [-0.15, -0.1) is 11.3 Å². The van der Waals surface area contributed by atoms with Crippen LogP contribution in [0.5, 0.6) is 0 Å². The van der Waals surface area contributed by atoms with E-state index in [0.29, 0.717) is 5.69 Å². The molecule has 1 aromatic carbocycles. The number of carboxylic acids is 1. The van der Waals surface area contributed by atoms with Gasteiger partial charge < -0.3 is 9.90 Å². The molecule has 3 nitrogen and oxygen atoms in total. The van der Waals surface area contributed by atoms with Gasteiger partial charge in [-0.3, -0.25) is 0 Å². The lowest BCUT2D eigenvalue weighted by atomic mass is 10.1. The zero-order chi connectivity index (χ0) is 12.4. The molecule has 0 unspecified atom stereocenters. The molecule has 0 N–H and O–H groups in total. The summed E-state index contributed by atoms with van der Waals surface area (Å²) in [4.78, 5) is 14.8. The highest BCUT2D eigenvalue weighted by Crippen LogP contribution is 2.27. The second-order valence-electron chi connectivity index (χ2n) is 4.01. The second kappa shape index (κ2) is 4.67. The van der Waals surface area contributed by atoms with Crippen LogP contribution in [0.15, 0.2) is 23.6 Å². The first-order valence-electron chi connectivity index (χ1n) is 5.28. The number of aryl methyl sites for hydroxylation is 2. The van der Waals surface area contributed by atoms with Crippen LogP contribution in [-0.4, -0.2) is 11.0 Å². The molecule has 0 aliphatic carbocycles. The minimum Gasteiger partial charge on any atom is -0.550 e. The Labute approximate surface area is 104 Å². The number of thiazole rings is 1. The smallest absolute Gasteiger partial charge is 0.123 e. The highest BCUT2D eigenvalue weighted by molar-refractivity contribution is 7.13. The summed E-state index contributed by atoms with van der Waals surface area (Å²) in [7, 11) is 0. The fourth-order valence-corrected chi connectivity index (χ4v) is 2.62. The number of aromatic nitrogens is 1. The normalized spacial score (nSPS) is 10.5. The first-order valence-corrected chi connectivity index (χ1v) is 6.16. The quantitative estimate of drug-likeness (QED) is 0.828. The summed E-state index contributed by atoms with van der Waals surface area (Å²) in [5.74, 6) is -1.09. The Bertz CT molecular complexity index is 560. The maximum atomic E-state index is 10.5. The van der Waals surface area contributed by atoms with Crippen LogP contribution in [0.1, 0.15) is 16.8 Å². The van der Waals surface area contributed by atoms with E-state index < -0.39 is 5.97 Å². The molecular formula is C13H12NO2S-. The van der Waals surface area contributed by atoms with Crippen molar-refractivity contribution in [3.63, 3.8) is 0 Å². The number of aliphatic carboxylic acids is 1. The van der Waals surface area contributed by atoms with Crippen molar-refractivity contribution in [1.82, 2.24) is 4.98 Å². The van der Waals surface area contributed by atoms with E-state index in [-0.39, 0.29) is 6.42 Å². The Hall–Kier alpha value is -1.68. The van der Waals surface area contributed by atoms with Gasteiger partial charge in [0.1, 0.15) is 5.01 Å². The van der Waals surface area contributed by atoms with Gasteiger partial charge in [-0.2, -0.15) is 0 Å². The fourth-order valence-electron chi connectivity index (χ4n) is 1.71. The van der Waals surface area contributed by atoms with E-state index >= 15 is 0 Å². The lowest BCUT2D eigenvalue weighted by Crippen LogP contribution is -2.24. The molecule has 0 spiro atoms. The van der Waals surface area contributed by atoms with Gasteiger partial charge >= 0.3 is 0 Å². The molecule has 0 aliphatic rings. The average Bonchev–Trinajstić information content (AvgIpc) is 2.65. The predicted octanol–water partition coefficient (Wildman–Crippen LogP) is 1.72. The highest BCUT2D eigenvalue weighted by Gasteiger charge is 2.07. The van der Waals surface area contributed by atoms with Crippen LogP contribution in [0, 0.1) is 13.8 Å². The Morgan fingerprint density at radius 2 is 2.18 bits per heavy atom. The van der Waals surface area contributed by atoms with E-state index in [1.54, 1.807) is 5.38 Å². The molecule has 0 radical (unpaired) electrons. The van der Waals surface area contributed by atoms with Crippen molar-refractivity contribution in [2.75, 3.05) is 0 Å². The van der Waals surface area contributed by atoms with Crippen molar-refractivity contribution in [2.45, 2.75) is 20.3 Å². The molecule has 17 heavy (non-hydrogen) atoms. The maximum Gasteiger partial charge on any atom is 0.123 e. The zero-order valence-electron chi connectivity index (χ0n) is 9.69. The van der Waals surface area contributed by atoms with Gasteiger partial charge in [0.05, 0.1) is 5.69 Å². The van der Waals surface area contributed by atoms with Crippen LogP contribution >= 0.6 is 11.3 Å². The van der Waals surface area contributed by atoms with Gasteiger partial charge in [-0.1, -0.05) is 23.8 Å². The zero-order valence-corrected chi connectivity index (χ0v) is 10.5. The molecule has 0 aliphatic heterocycles. The number of carbonyl (C=O) groups excluding carboxylic acids is 1. The van der Waals surface area contributed by atoms with E-state index in [9.17, 15) is 9.90 Å². The second-order valence-corrected chi connectivity index (χ2v) is 4.87. The summed E-state index contributed by atoms with van der Waals surface area (Å²) in [6, 6.07) is 6.14. The van der Waals surface area contributed by atoms with Crippen molar-refractivity contribution in [1.29, 1.82) is 0 Å². The molecule has 2 aromatic rings. The molecule has 88 valence electrons. The molecular weight excluding hydrogens is 234 g/mol. The molecule has 0 amide bonds. The fraction of sp³-hybridized carbons (Fsp3) is 0.231. The van der Waals surface area contributed by atoms with Crippen molar-refractivity contribution < 1.29 is 9.90 Å². The number of nitrogens with zero attached hydrogens (tertiary/aromatic N) is 1. The SMILES string of the molecule is Cc1ccc(-c2nc(CC(=O)[O-])cs2)c(C)c1. The third kappa shape index (κ3) is 2.71. The minimum absolute atomic E-state index is 0.124. The van der Waals surface area contributed by atoms with Crippen LogP contribution in [0.25, 0.3) is 10.6 Å². The van der Waals surface area contributed by atoms with E-state index in [1.165, 1.54) is 16.9 Å². The Kier molecular flexibility index (Phi) is 3.24. The predicted molar refractivity (Wildman–Crippen MR) is 65.7 cm³/mol. The number of benzene rings is 1. The lowest BCUT2D eigenvalue weighted by molar-refractivity contribution is -0.304. The summed E-state index contributed by atoms with van der Waals surface area (Å²) in [5.41, 5.74) is 3.98. The van der Waals surface area contributed by atoms with Gasteiger partial charge in [0.15, 0.2) is 0 Å². The number of hydrogen-bond donors (Lipinski definition) is 0. The third-order valence-electron chi connectivity index (χ3n) is 2.49.